The molecule has 0 atom stereocenters. The van der Waals surface area contributed by atoms with E-state index in [4.69, 9.17) is 11.6 Å². The van der Waals surface area contributed by atoms with Gasteiger partial charge in [-0.25, -0.2) is 4.79 Å². The second-order valence-electron chi connectivity index (χ2n) is 5.78. The van der Waals surface area contributed by atoms with Gasteiger partial charge in [0.1, 0.15) is 5.02 Å². The number of carbonyl (C=O) groups is 1. The van der Waals surface area contributed by atoms with Gasteiger partial charge >= 0.3 is 6.03 Å². The molecule has 0 spiro atoms. The second kappa shape index (κ2) is 8.33. The van der Waals surface area contributed by atoms with Crippen LogP contribution >= 0.6 is 11.6 Å². The van der Waals surface area contributed by atoms with Gasteiger partial charge in [0, 0.05) is 11.8 Å². The lowest BCUT2D eigenvalue weighted by Gasteiger charge is -2.20. The number of anilines is 1. The predicted molar refractivity (Wildman–Crippen MR) is 105 cm³/mol. The molecule has 2 N–H and O–H groups in total. The molecule has 136 valence electrons. The molecular formula is C20H16ClN3O3. The van der Waals surface area contributed by atoms with Gasteiger partial charge in [0.15, 0.2) is 0 Å². The number of amides is 2. The van der Waals surface area contributed by atoms with Crippen LogP contribution < -0.4 is 10.6 Å². The molecule has 6 nitrogen and oxygen atoms in total. The number of nitro benzene ring substituents is 1. The first-order valence-corrected chi connectivity index (χ1v) is 8.54. The summed E-state index contributed by atoms with van der Waals surface area (Å²) in [4.78, 5) is 22.9. The van der Waals surface area contributed by atoms with E-state index in [1.54, 1.807) is 0 Å². The number of benzene rings is 3. The van der Waals surface area contributed by atoms with Crippen LogP contribution in [0.2, 0.25) is 5.02 Å². The molecule has 0 heterocycles. The molecular weight excluding hydrogens is 366 g/mol. The van der Waals surface area contributed by atoms with E-state index < -0.39 is 11.0 Å². The molecule has 0 aliphatic carbocycles. The van der Waals surface area contributed by atoms with Crippen molar-refractivity contribution < 1.29 is 9.72 Å². The number of nitrogens with one attached hydrogen (secondary N) is 2. The van der Waals surface area contributed by atoms with Gasteiger partial charge in [-0.1, -0.05) is 72.3 Å². The summed E-state index contributed by atoms with van der Waals surface area (Å²) in [6.07, 6.45) is 0. The van der Waals surface area contributed by atoms with Gasteiger partial charge in [-0.2, -0.15) is 0 Å². The maximum Gasteiger partial charge on any atom is 0.319 e. The third kappa shape index (κ3) is 4.62. The minimum absolute atomic E-state index is 0.0115. The number of nitrogens with zero attached hydrogens (tertiary/aromatic N) is 1. The Balaban J connectivity index is 1.81. The van der Waals surface area contributed by atoms with Crippen LogP contribution in [0.5, 0.6) is 0 Å². The topological polar surface area (TPSA) is 84.3 Å². The van der Waals surface area contributed by atoms with Crippen LogP contribution in [0.3, 0.4) is 0 Å². The summed E-state index contributed by atoms with van der Waals surface area (Å²) < 4.78 is 0. The van der Waals surface area contributed by atoms with Crippen molar-refractivity contribution in [1.29, 1.82) is 0 Å². The molecule has 0 unspecified atom stereocenters. The van der Waals surface area contributed by atoms with E-state index in [-0.39, 0.29) is 22.4 Å². The lowest BCUT2D eigenvalue weighted by atomic mass is 9.99. The van der Waals surface area contributed by atoms with Crippen LogP contribution in [0.25, 0.3) is 0 Å². The minimum Gasteiger partial charge on any atom is -0.327 e. The Kier molecular flexibility index (Phi) is 5.68. The highest BCUT2D eigenvalue weighted by Gasteiger charge is 2.18. The Morgan fingerprint density at radius 3 is 2.00 bits per heavy atom. The van der Waals surface area contributed by atoms with Crippen LogP contribution in [0.15, 0.2) is 78.9 Å². The van der Waals surface area contributed by atoms with Gasteiger partial charge in [0.2, 0.25) is 0 Å². The van der Waals surface area contributed by atoms with Gasteiger partial charge in [-0.05, 0) is 23.3 Å². The summed E-state index contributed by atoms with van der Waals surface area (Å²) in [6.45, 7) is 0. The second-order valence-corrected chi connectivity index (χ2v) is 6.18. The van der Waals surface area contributed by atoms with Crippen LogP contribution in [-0.2, 0) is 0 Å². The van der Waals surface area contributed by atoms with Crippen LogP contribution in [0.1, 0.15) is 17.2 Å². The molecule has 0 saturated carbocycles. The normalized spacial score (nSPS) is 10.4. The maximum atomic E-state index is 12.5. The number of carbonyl (C=O) groups excluding carboxylic acids is 1. The zero-order valence-electron chi connectivity index (χ0n) is 14.1. The molecule has 0 fully saturated rings. The van der Waals surface area contributed by atoms with E-state index >= 15 is 0 Å². The predicted octanol–water partition coefficient (Wildman–Crippen LogP) is 5.16. The van der Waals surface area contributed by atoms with Crippen molar-refractivity contribution in [3.8, 4) is 0 Å². The first kappa shape index (κ1) is 18.4. The Hall–Kier alpha value is -3.38. The summed E-state index contributed by atoms with van der Waals surface area (Å²) in [5.41, 5.74) is 1.85. The first-order chi connectivity index (χ1) is 13.0. The molecule has 3 aromatic rings. The minimum atomic E-state index is -0.595. The molecule has 27 heavy (non-hydrogen) atoms. The molecule has 0 aliphatic rings. The SMILES string of the molecule is O=C(Nc1ccc(Cl)c([N+](=O)[O-])c1)NC(c1ccccc1)c1ccccc1. The zero-order chi connectivity index (χ0) is 19.2. The number of hydrogen-bond donors (Lipinski definition) is 2. The standard InChI is InChI=1S/C20H16ClN3O3/c21-17-12-11-16(13-18(17)24(26)27)22-20(25)23-19(14-7-3-1-4-8-14)15-9-5-2-6-10-15/h1-13,19H,(H2,22,23,25). The highest BCUT2D eigenvalue weighted by molar-refractivity contribution is 6.32. The van der Waals surface area contributed by atoms with Gasteiger partial charge in [0.05, 0.1) is 11.0 Å². The van der Waals surface area contributed by atoms with Gasteiger partial charge in [0.25, 0.3) is 5.69 Å². The zero-order valence-corrected chi connectivity index (χ0v) is 14.9. The fourth-order valence-electron chi connectivity index (χ4n) is 2.68. The first-order valence-electron chi connectivity index (χ1n) is 8.16. The van der Waals surface area contributed by atoms with Crippen molar-refractivity contribution in [3.05, 3.63) is 105 Å². The Morgan fingerprint density at radius 2 is 1.48 bits per heavy atom. The highest BCUT2D eigenvalue weighted by Crippen LogP contribution is 2.27. The van der Waals surface area contributed by atoms with Crippen LogP contribution in [0, 0.1) is 10.1 Å². The van der Waals surface area contributed by atoms with Crippen LogP contribution in [-0.4, -0.2) is 11.0 Å². The molecule has 0 radical (unpaired) electrons. The molecule has 0 aromatic heterocycles. The third-order valence-electron chi connectivity index (χ3n) is 3.94. The van der Waals surface area contributed by atoms with E-state index in [1.165, 1.54) is 18.2 Å². The Bertz CT molecular complexity index is 910. The van der Waals surface area contributed by atoms with Crippen LogP contribution in [0.4, 0.5) is 16.2 Å². The summed E-state index contributed by atoms with van der Waals surface area (Å²) in [5, 5.41) is 16.5. The average Bonchev–Trinajstić information content (AvgIpc) is 2.69. The van der Waals surface area contributed by atoms with E-state index in [1.807, 2.05) is 60.7 Å². The Labute approximate surface area is 160 Å². The van der Waals surface area contributed by atoms with Crippen molar-refractivity contribution in [2.24, 2.45) is 0 Å². The molecule has 7 heteroatoms. The maximum absolute atomic E-state index is 12.5. The molecule has 0 saturated heterocycles. The van der Waals surface area contributed by atoms with Gasteiger partial charge in [-0.15, -0.1) is 0 Å². The smallest absolute Gasteiger partial charge is 0.319 e. The van der Waals surface area contributed by atoms with E-state index in [0.29, 0.717) is 0 Å². The largest absolute Gasteiger partial charge is 0.327 e. The van der Waals surface area contributed by atoms with E-state index in [2.05, 4.69) is 10.6 Å². The molecule has 0 bridgehead atoms. The summed E-state index contributed by atoms with van der Waals surface area (Å²) in [7, 11) is 0. The number of nitro groups is 1. The summed E-state index contributed by atoms with van der Waals surface area (Å²) in [5.74, 6) is 0. The highest BCUT2D eigenvalue weighted by atomic mass is 35.5. The van der Waals surface area contributed by atoms with Crippen molar-refractivity contribution in [2.75, 3.05) is 5.32 Å². The van der Waals surface area contributed by atoms with Gasteiger partial charge in [-0.3, -0.25) is 10.1 Å². The fraction of sp³-hybridized carbons (Fsp3) is 0.0500. The Morgan fingerprint density at radius 1 is 0.926 bits per heavy atom. The third-order valence-corrected chi connectivity index (χ3v) is 4.26. The lowest BCUT2D eigenvalue weighted by Crippen LogP contribution is -2.33. The van der Waals surface area contributed by atoms with E-state index in [9.17, 15) is 14.9 Å². The van der Waals surface area contributed by atoms with Crippen molar-refractivity contribution in [2.45, 2.75) is 6.04 Å². The summed E-state index contributed by atoms with van der Waals surface area (Å²) in [6, 6.07) is 22.3. The average molecular weight is 382 g/mol. The quantitative estimate of drug-likeness (QED) is 0.473. The lowest BCUT2D eigenvalue weighted by molar-refractivity contribution is -0.384. The molecule has 0 aliphatic heterocycles. The van der Waals surface area contributed by atoms with Crippen molar-refractivity contribution in [3.63, 3.8) is 0 Å². The van der Waals surface area contributed by atoms with Gasteiger partial charge < -0.3 is 10.6 Å². The molecule has 3 aromatic carbocycles. The monoisotopic (exact) mass is 381 g/mol. The number of halogens is 1. The van der Waals surface area contributed by atoms with Crippen molar-refractivity contribution in [1.82, 2.24) is 5.32 Å². The molecule has 3 rings (SSSR count). The number of hydrogen-bond acceptors (Lipinski definition) is 3. The summed E-state index contributed by atoms with van der Waals surface area (Å²) >= 11 is 5.80. The number of urea groups is 1. The van der Waals surface area contributed by atoms with E-state index in [0.717, 1.165) is 11.1 Å². The van der Waals surface area contributed by atoms with Crippen molar-refractivity contribution >= 4 is 29.0 Å². The number of rotatable bonds is 5. The fourth-order valence-corrected chi connectivity index (χ4v) is 2.87. The molecule has 2 amide bonds.